The second kappa shape index (κ2) is 8.76. The molecule has 0 bridgehead atoms. The molecular formula is C20H25N3O3. The number of hydrogen-bond donors (Lipinski definition) is 1. The van der Waals surface area contributed by atoms with Crippen LogP contribution < -0.4 is 0 Å². The second-order valence-electron chi connectivity index (χ2n) is 6.80. The number of carboxylic acids is 1. The predicted molar refractivity (Wildman–Crippen MR) is 98.3 cm³/mol. The van der Waals surface area contributed by atoms with E-state index in [-0.39, 0.29) is 11.5 Å². The van der Waals surface area contributed by atoms with Crippen molar-refractivity contribution in [3.63, 3.8) is 0 Å². The number of rotatable bonds is 8. The summed E-state index contributed by atoms with van der Waals surface area (Å²) in [5.74, 6) is -1.06. The van der Waals surface area contributed by atoms with Gasteiger partial charge in [0.25, 0.3) is 0 Å². The van der Waals surface area contributed by atoms with Gasteiger partial charge in [-0.1, -0.05) is 12.5 Å². The topological polar surface area (TPSA) is 75.4 Å². The third kappa shape index (κ3) is 4.58. The first-order valence-corrected chi connectivity index (χ1v) is 9.23. The average molecular weight is 355 g/mol. The van der Waals surface area contributed by atoms with Crippen molar-refractivity contribution in [1.29, 1.82) is 0 Å². The smallest absolute Gasteiger partial charge is 0.337 e. The zero-order valence-corrected chi connectivity index (χ0v) is 14.9. The van der Waals surface area contributed by atoms with Crippen LogP contribution in [-0.4, -0.2) is 44.5 Å². The highest BCUT2D eigenvalue weighted by atomic mass is 16.4. The SMILES string of the molecule is O=C(O)c1ccn(C(=O)CCCCCN2CCC[C@H]2c2cccnc2)c1. The summed E-state index contributed by atoms with van der Waals surface area (Å²) in [7, 11) is 0. The highest BCUT2D eigenvalue weighted by molar-refractivity contribution is 5.89. The van der Waals surface area contributed by atoms with E-state index >= 15 is 0 Å². The zero-order valence-electron chi connectivity index (χ0n) is 14.9. The molecule has 0 unspecified atom stereocenters. The number of carbonyl (C=O) groups excluding carboxylic acids is 1. The third-order valence-corrected chi connectivity index (χ3v) is 5.00. The summed E-state index contributed by atoms with van der Waals surface area (Å²) in [6, 6.07) is 6.07. The van der Waals surface area contributed by atoms with Crippen LogP contribution in [-0.2, 0) is 0 Å². The molecule has 2 aromatic rings. The standard InChI is InChI=1S/C20H25N3O3/c24-19(23-13-9-17(15-23)20(25)26)8-2-1-3-11-22-12-5-7-18(22)16-6-4-10-21-14-16/h4,6,9-10,13-15,18H,1-3,5,7-8,11-12H2,(H,25,26)/t18-/m0/s1. The minimum atomic E-state index is -1.01. The molecule has 0 amide bonds. The summed E-state index contributed by atoms with van der Waals surface area (Å²) in [6.45, 7) is 2.17. The summed E-state index contributed by atoms with van der Waals surface area (Å²) in [6.07, 6.45) is 12.4. The lowest BCUT2D eigenvalue weighted by molar-refractivity contribution is 0.0697. The molecule has 26 heavy (non-hydrogen) atoms. The minimum Gasteiger partial charge on any atom is -0.478 e. The maximum absolute atomic E-state index is 12.1. The van der Waals surface area contributed by atoms with Crippen molar-refractivity contribution in [1.82, 2.24) is 14.5 Å². The van der Waals surface area contributed by atoms with E-state index in [0.717, 1.165) is 32.4 Å². The molecule has 1 aliphatic heterocycles. The highest BCUT2D eigenvalue weighted by Gasteiger charge is 2.25. The number of carboxylic acid groups (broad SMARTS) is 1. The molecule has 0 aromatic carbocycles. The molecule has 1 aliphatic rings. The Kier molecular flexibility index (Phi) is 6.17. The van der Waals surface area contributed by atoms with Crippen LogP contribution in [0.15, 0.2) is 43.0 Å². The van der Waals surface area contributed by atoms with Gasteiger partial charge in [-0.15, -0.1) is 0 Å². The molecule has 2 aromatic heterocycles. The average Bonchev–Trinajstić information content (AvgIpc) is 3.32. The fourth-order valence-electron chi connectivity index (χ4n) is 3.62. The number of pyridine rings is 1. The first-order chi connectivity index (χ1) is 12.6. The van der Waals surface area contributed by atoms with Gasteiger partial charge in [0.1, 0.15) is 0 Å². The summed E-state index contributed by atoms with van der Waals surface area (Å²) < 4.78 is 1.38. The van der Waals surface area contributed by atoms with Crippen molar-refractivity contribution in [2.45, 2.75) is 44.6 Å². The summed E-state index contributed by atoms with van der Waals surface area (Å²) in [5.41, 5.74) is 1.44. The quantitative estimate of drug-likeness (QED) is 0.732. The van der Waals surface area contributed by atoms with Crippen LogP contribution in [0.1, 0.15) is 65.3 Å². The molecular weight excluding hydrogens is 330 g/mol. The van der Waals surface area contributed by atoms with Crippen molar-refractivity contribution in [3.8, 4) is 0 Å². The molecule has 3 rings (SSSR count). The Morgan fingerprint density at radius 3 is 2.85 bits per heavy atom. The monoisotopic (exact) mass is 355 g/mol. The lowest BCUT2D eigenvalue weighted by Crippen LogP contribution is -2.24. The largest absolute Gasteiger partial charge is 0.478 e. The first-order valence-electron chi connectivity index (χ1n) is 9.23. The molecule has 6 nitrogen and oxygen atoms in total. The van der Waals surface area contributed by atoms with Gasteiger partial charge < -0.3 is 5.11 Å². The number of aromatic carboxylic acids is 1. The fraction of sp³-hybridized carbons (Fsp3) is 0.450. The molecule has 1 N–H and O–H groups in total. The maximum atomic E-state index is 12.1. The fourth-order valence-corrected chi connectivity index (χ4v) is 3.62. The van der Waals surface area contributed by atoms with Gasteiger partial charge in [-0.05, 0) is 56.5 Å². The molecule has 1 atom stereocenters. The summed E-state index contributed by atoms with van der Waals surface area (Å²) >= 11 is 0. The van der Waals surface area contributed by atoms with Gasteiger partial charge >= 0.3 is 5.97 Å². The van der Waals surface area contributed by atoms with Crippen LogP contribution in [0, 0.1) is 0 Å². The van der Waals surface area contributed by atoms with Gasteiger partial charge in [-0.2, -0.15) is 0 Å². The lowest BCUT2D eigenvalue weighted by Gasteiger charge is -2.24. The van der Waals surface area contributed by atoms with Crippen LogP contribution in [0.2, 0.25) is 0 Å². The van der Waals surface area contributed by atoms with Gasteiger partial charge in [0.2, 0.25) is 5.91 Å². The summed E-state index contributed by atoms with van der Waals surface area (Å²) in [4.78, 5) is 29.7. The van der Waals surface area contributed by atoms with E-state index in [4.69, 9.17) is 5.11 Å². The van der Waals surface area contributed by atoms with E-state index in [1.807, 2.05) is 18.5 Å². The van der Waals surface area contributed by atoms with Crippen LogP contribution in [0.4, 0.5) is 0 Å². The third-order valence-electron chi connectivity index (χ3n) is 5.00. The number of hydrogen-bond acceptors (Lipinski definition) is 4. The van der Waals surface area contributed by atoms with Crippen LogP contribution in [0.3, 0.4) is 0 Å². The van der Waals surface area contributed by atoms with E-state index in [9.17, 15) is 9.59 Å². The number of nitrogens with zero attached hydrogens (tertiary/aromatic N) is 3. The van der Waals surface area contributed by atoms with Gasteiger partial charge in [-0.25, -0.2) is 4.79 Å². The minimum absolute atomic E-state index is 0.0492. The molecule has 6 heteroatoms. The van der Waals surface area contributed by atoms with Gasteiger partial charge in [0.05, 0.1) is 5.56 Å². The molecule has 138 valence electrons. The maximum Gasteiger partial charge on any atom is 0.337 e. The second-order valence-corrected chi connectivity index (χ2v) is 6.80. The predicted octanol–water partition coefficient (Wildman–Crippen LogP) is 3.62. The van der Waals surface area contributed by atoms with Gasteiger partial charge in [0, 0.05) is 37.3 Å². The van der Waals surface area contributed by atoms with Crippen LogP contribution in [0.25, 0.3) is 0 Å². The van der Waals surface area contributed by atoms with Crippen LogP contribution >= 0.6 is 0 Å². The molecule has 0 saturated carbocycles. The molecule has 0 aliphatic carbocycles. The zero-order chi connectivity index (χ0) is 18.4. The van der Waals surface area contributed by atoms with E-state index in [1.165, 1.54) is 41.4 Å². The highest BCUT2D eigenvalue weighted by Crippen LogP contribution is 2.31. The van der Waals surface area contributed by atoms with Crippen molar-refractivity contribution < 1.29 is 14.7 Å². The van der Waals surface area contributed by atoms with E-state index in [0.29, 0.717) is 12.5 Å². The number of unbranched alkanes of at least 4 members (excludes halogenated alkanes) is 2. The molecule has 3 heterocycles. The van der Waals surface area contributed by atoms with Gasteiger partial charge in [-0.3, -0.25) is 19.2 Å². The normalized spacial score (nSPS) is 17.5. The van der Waals surface area contributed by atoms with E-state index in [1.54, 1.807) is 0 Å². The Morgan fingerprint density at radius 2 is 2.12 bits per heavy atom. The van der Waals surface area contributed by atoms with Crippen molar-refractivity contribution in [3.05, 3.63) is 54.1 Å². The molecule has 0 radical (unpaired) electrons. The van der Waals surface area contributed by atoms with Crippen molar-refractivity contribution in [2.24, 2.45) is 0 Å². The van der Waals surface area contributed by atoms with E-state index in [2.05, 4.69) is 16.0 Å². The lowest BCUT2D eigenvalue weighted by atomic mass is 10.1. The first kappa shape index (κ1) is 18.3. The Labute approximate surface area is 153 Å². The van der Waals surface area contributed by atoms with Crippen molar-refractivity contribution in [2.75, 3.05) is 13.1 Å². The molecule has 1 fully saturated rings. The Morgan fingerprint density at radius 1 is 1.23 bits per heavy atom. The number of likely N-dealkylation sites (tertiary alicyclic amines) is 1. The van der Waals surface area contributed by atoms with Crippen molar-refractivity contribution >= 4 is 11.9 Å². The Hall–Kier alpha value is -2.47. The Balaban J connectivity index is 1.38. The Bertz CT molecular complexity index is 742. The van der Waals surface area contributed by atoms with Crippen LogP contribution in [0.5, 0.6) is 0 Å². The molecule has 1 saturated heterocycles. The number of aromatic nitrogens is 2. The van der Waals surface area contributed by atoms with E-state index < -0.39 is 5.97 Å². The van der Waals surface area contributed by atoms with Gasteiger partial charge in [0.15, 0.2) is 0 Å². The molecule has 0 spiro atoms. The summed E-state index contributed by atoms with van der Waals surface area (Å²) in [5, 5.41) is 8.90. The number of carbonyl (C=O) groups is 2.